The SMILES string of the molecule is CCc1nc2c(N3C[CH2][No][CH2]C3)nc(SCc3ccc(OC)cc3)nc2n1C. The third kappa shape index (κ3) is 3.45. The van der Waals surface area contributed by atoms with Crippen LogP contribution in [0.1, 0.15) is 18.3 Å². The summed E-state index contributed by atoms with van der Waals surface area (Å²) < 4.78 is 7.76. The summed E-state index contributed by atoms with van der Waals surface area (Å²) in [6, 6.07) is 8.19. The number of aromatic nitrogens is 4. The number of benzene rings is 1. The molecule has 0 spiro atoms. The topological polar surface area (TPSA) is 56.1 Å². The molecule has 3 aromatic rings. The molecule has 0 N–H and O–H groups in total. The number of ether oxygens (including phenoxy) is 1. The van der Waals surface area contributed by atoms with Crippen LogP contribution in [0.3, 0.4) is 0 Å². The summed E-state index contributed by atoms with van der Waals surface area (Å²) in [6.07, 6.45) is 0.895. The molecule has 0 amide bonds. The van der Waals surface area contributed by atoms with E-state index in [1.54, 1.807) is 18.9 Å². The monoisotopic (exact) mass is 642 g/mol. The molecule has 0 radical (unpaired) electrons. The molecule has 1 fully saturated rings. The molecule has 1 saturated heterocycles. The molecule has 0 atom stereocenters. The molecular weight excluding hydrogens is 617 g/mol. The van der Waals surface area contributed by atoms with E-state index in [2.05, 4.69) is 35.6 Å². The number of aryl methyl sites for hydroxylation is 2. The van der Waals surface area contributed by atoms with Crippen LogP contribution >= 0.6 is 11.8 Å². The van der Waals surface area contributed by atoms with Crippen LogP contribution in [0.5, 0.6) is 5.75 Å². The molecule has 156 valence electrons. The number of hydrogen-bond acceptors (Lipinski definition) is 6. The van der Waals surface area contributed by atoms with Crippen molar-refractivity contribution in [3.05, 3.63) is 35.7 Å². The average molecular weight is 643 g/mol. The minimum atomic E-state index is 0.395. The minimum absolute atomic E-state index is 0.395. The van der Waals surface area contributed by atoms with Gasteiger partial charge in [-0.15, -0.1) is 0 Å². The van der Waals surface area contributed by atoms with Gasteiger partial charge < -0.3 is 4.74 Å². The molecule has 0 unspecified atom stereocenters. The molecule has 0 saturated carbocycles. The standard InChI is InChI=1S/C20H25N5OS.No/c1-6-16-21-17-18(24(16)4)22-20(23-19(17)25(7-2)8-3)27-13-14-9-11-15(26-5)12-10-14;/h9-12H,2-3,6-8,13H2,1,4-5H3;. The van der Waals surface area contributed by atoms with Crippen molar-refractivity contribution in [3.63, 3.8) is 0 Å². The van der Waals surface area contributed by atoms with Gasteiger partial charge in [-0.25, -0.2) is 0 Å². The van der Waals surface area contributed by atoms with Crippen LogP contribution in [0.2, 0.25) is 13.8 Å². The van der Waals surface area contributed by atoms with Gasteiger partial charge in [0.15, 0.2) is 0 Å². The summed E-state index contributed by atoms with van der Waals surface area (Å²) in [4.78, 5) is 17.1. The number of fused-ring (bicyclic) bond motifs is 1. The first kappa shape index (κ1) is 18.1. The zero-order valence-electron chi connectivity index (χ0n) is 16.4. The Morgan fingerprint density at radius 3 is 2.54 bits per heavy atom. The molecule has 4 rings (SSSR count). The van der Waals surface area contributed by atoms with Crippen LogP contribution in [0, 0.1) is 0 Å². The molecular formula is C20H25N5NoOS. The summed E-state index contributed by atoms with van der Waals surface area (Å²) in [7, 11) is 3.75. The number of nitrogens with zero attached hydrogens (tertiary/aromatic N) is 5. The number of imidazole rings is 1. The van der Waals surface area contributed by atoms with Gasteiger partial charge >= 0.3 is 153 Å². The predicted molar refractivity (Wildman–Crippen MR) is 110 cm³/mol. The second-order valence-electron chi connectivity index (χ2n) is 6.47. The number of rotatable bonds is 6. The van der Waals surface area contributed by atoms with E-state index in [9.17, 15) is 0 Å². The zero-order valence-corrected chi connectivity index (χ0v) is 19.4. The summed E-state index contributed by atoms with van der Waals surface area (Å²) in [5.74, 6) is 3.79. The second kappa shape index (κ2) is 7.76. The van der Waals surface area contributed by atoms with Gasteiger partial charge in [0.25, 0.3) is 0 Å². The number of hydrogen-bond donors (Lipinski definition) is 0. The fourth-order valence-corrected chi connectivity index (χ4v) is 6.41. The fourth-order valence-electron chi connectivity index (χ4n) is 3.16. The van der Waals surface area contributed by atoms with Crippen molar-refractivity contribution in [2.75, 3.05) is 25.1 Å². The number of methoxy groups -OCH3 is 1. The van der Waals surface area contributed by atoms with Crippen LogP contribution in [-0.2, 0) is 19.2 Å². The molecule has 1 aromatic carbocycles. The Morgan fingerprint density at radius 2 is 1.86 bits per heavy atom. The van der Waals surface area contributed by atoms with Gasteiger partial charge in [-0.3, -0.25) is 0 Å². The normalized spacial score (nSPS) is 14.0. The molecule has 2 aromatic heterocycles. The Labute approximate surface area is 165 Å². The molecule has 6 nitrogen and oxygen atoms in total. The van der Waals surface area contributed by atoms with E-state index in [0.29, 0.717) is 0 Å². The van der Waals surface area contributed by atoms with E-state index >= 15 is 0 Å². The fraction of sp³-hybridized carbons (Fsp3) is 0.450. The molecule has 28 heavy (non-hydrogen) atoms. The van der Waals surface area contributed by atoms with Crippen LogP contribution in [0.15, 0.2) is 29.4 Å². The van der Waals surface area contributed by atoms with Gasteiger partial charge in [-0.1, -0.05) is 0 Å². The summed E-state index contributed by atoms with van der Waals surface area (Å²) in [5.41, 5.74) is 3.13. The van der Waals surface area contributed by atoms with Gasteiger partial charge in [0.2, 0.25) is 0 Å². The van der Waals surface area contributed by atoms with Gasteiger partial charge in [0.1, 0.15) is 0 Å². The second-order valence-corrected chi connectivity index (χ2v) is 10.7. The van der Waals surface area contributed by atoms with Crippen molar-refractivity contribution in [2.45, 2.75) is 38.1 Å². The van der Waals surface area contributed by atoms with E-state index < -0.39 is 0 Å². The van der Waals surface area contributed by atoms with Crippen molar-refractivity contribution < 1.29 is 4.74 Å². The molecule has 1 aliphatic heterocycles. The Kier molecular flexibility index (Phi) is 5.02. The molecule has 0 aliphatic carbocycles. The van der Waals surface area contributed by atoms with E-state index in [1.807, 2.05) is 12.1 Å². The molecule has 1 aliphatic rings. The Bertz CT molecular complexity index is 953. The van der Waals surface area contributed by atoms with E-state index in [-0.39, 0.29) is 0 Å². The third-order valence-electron chi connectivity index (χ3n) is 4.76. The van der Waals surface area contributed by atoms with Gasteiger partial charge in [0, 0.05) is 0 Å². The van der Waals surface area contributed by atoms with E-state index in [0.717, 1.165) is 59.0 Å². The van der Waals surface area contributed by atoms with Crippen LogP contribution in [-0.4, -0.2) is 39.7 Å². The number of anilines is 1. The zero-order chi connectivity index (χ0) is 19.5. The number of thioether (sulfide) groups is 1. The van der Waals surface area contributed by atoms with Crippen molar-refractivity contribution in [2.24, 2.45) is 7.05 Å². The van der Waals surface area contributed by atoms with Crippen LogP contribution in [0.4, 0.5) is 5.82 Å². The van der Waals surface area contributed by atoms with Crippen LogP contribution in [0.25, 0.3) is 11.2 Å². The third-order valence-corrected chi connectivity index (χ3v) is 8.25. The first-order valence-electron chi connectivity index (χ1n) is 9.31. The summed E-state index contributed by atoms with van der Waals surface area (Å²) in [5, 5.41) is 0.823. The van der Waals surface area contributed by atoms with Crippen molar-refractivity contribution >= 4 is 28.7 Å². The quantitative estimate of drug-likeness (QED) is 0.300. The van der Waals surface area contributed by atoms with Gasteiger partial charge in [-0.2, -0.15) is 0 Å². The van der Waals surface area contributed by atoms with Crippen LogP contribution < -0.4 is 9.64 Å². The van der Waals surface area contributed by atoms with Gasteiger partial charge in [0.05, 0.1) is 7.11 Å². The van der Waals surface area contributed by atoms with Gasteiger partial charge in [-0.05, 0) is 0 Å². The Balaban J connectivity index is 1.66. The average Bonchev–Trinajstić information content (AvgIpc) is 3.08. The molecule has 3 heterocycles. The maximum atomic E-state index is 5.24. The predicted octanol–water partition coefficient (Wildman–Crippen LogP) is 3.97. The van der Waals surface area contributed by atoms with E-state index in [1.165, 1.54) is 19.4 Å². The Hall–Kier alpha value is -3.28. The summed E-state index contributed by atoms with van der Waals surface area (Å²) in [6.45, 7) is 6.98. The molecule has 0 bridgehead atoms. The van der Waals surface area contributed by atoms with E-state index in [4.69, 9.17) is 19.7 Å². The first-order chi connectivity index (χ1) is 13.7. The first-order valence-corrected chi connectivity index (χ1v) is 13.4. The Morgan fingerprint density at radius 1 is 1.11 bits per heavy atom. The summed E-state index contributed by atoms with van der Waals surface area (Å²) >= 11 is 1.68. The maximum absolute atomic E-state index is 5.24. The molecule has 8 heteroatoms. The van der Waals surface area contributed by atoms with Crippen molar-refractivity contribution in [1.29, 1.82) is 0 Å². The van der Waals surface area contributed by atoms with Crippen molar-refractivity contribution in [3.8, 4) is 5.75 Å². The van der Waals surface area contributed by atoms with Crippen molar-refractivity contribution in [1.82, 2.24) is 19.5 Å².